The average molecular weight is 304 g/mol. The van der Waals surface area contributed by atoms with E-state index in [4.69, 9.17) is 5.11 Å². The molecular weight excluding hydrogens is 289 g/mol. The number of carbonyl (C=O) groups excluding carboxylic acids is 1. The van der Waals surface area contributed by atoms with Crippen LogP contribution in [-0.4, -0.2) is 41.0 Å². The first-order valence-corrected chi connectivity index (χ1v) is 5.95. The maximum Gasteiger partial charge on any atom is 0.323 e. The van der Waals surface area contributed by atoms with Crippen LogP contribution in [0.5, 0.6) is 0 Å². The third kappa shape index (κ3) is 3.72. The van der Waals surface area contributed by atoms with Crippen LogP contribution in [0.4, 0.5) is 18.9 Å². The van der Waals surface area contributed by atoms with Gasteiger partial charge in [0.1, 0.15) is 5.54 Å². The number of aliphatic carboxylic acids is 1. The molecule has 0 bridgehead atoms. The van der Waals surface area contributed by atoms with Gasteiger partial charge in [-0.3, -0.25) is 14.5 Å². The van der Waals surface area contributed by atoms with Gasteiger partial charge >= 0.3 is 5.97 Å². The second-order valence-corrected chi connectivity index (χ2v) is 4.99. The van der Waals surface area contributed by atoms with Crippen molar-refractivity contribution in [2.45, 2.75) is 19.4 Å². The molecule has 0 saturated carbocycles. The van der Waals surface area contributed by atoms with Gasteiger partial charge in [0.05, 0.1) is 12.2 Å². The summed E-state index contributed by atoms with van der Waals surface area (Å²) >= 11 is 0. The lowest BCUT2D eigenvalue weighted by Crippen LogP contribution is -2.50. The van der Waals surface area contributed by atoms with Gasteiger partial charge in [-0.05, 0) is 33.0 Å². The van der Waals surface area contributed by atoms with Gasteiger partial charge in [0.15, 0.2) is 17.5 Å². The number of carboxylic acid groups (broad SMARTS) is 1. The number of carbonyl (C=O) groups is 2. The third-order valence-corrected chi connectivity index (χ3v) is 3.17. The number of nitrogens with one attached hydrogen (secondary N) is 1. The number of anilines is 1. The molecule has 0 aliphatic heterocycles. The molecule has 0 atom stereocenters. The number of carboxylic acids is 1. The molecule has 0 aromatic heterocycles. The number of halogens is 3. The van der Waals surface area contributed by atoms with E-state index in [9.17, 15) is 22.8 Å². The van der Waals surface area contributed by atoms with Crippen LogP contribution in [0, 0.1) is 17.5 Å². The number of hydrogen-bond donors (Lipinski definition) is 2. The molecule has 0 heterocycles. The van der Waals surface area contributed by atoms with Crippen LogP contribution < -0.4 is 5.32 Å². The molecule has 1 amide bonds. The summed E-state index contributed by atoms with van der Waals surface area (Å²) in [5.41, 5.74) is -1.83. The molecule has 1 aromatic rings. The number of benzene rings is 1. The summed E-state index contributed by atoms with van der Waals surface area (Å²) in [5.74, 6) is -6.46. The predicted molar refractivity (Wildman–Crippen MR) is 69.3 cm³/mol. The summed E-state index contributed by atoms with van der Waals surface area (Å²) in [5, 5.41) is 11.1. The zero-order valence-corrected chi connectivity index (χ0v) is 11.7. The van der Waals surface area contributed by atoms with E-state index < -0.39 is 40.6 Å². The minimum absolute atomic E-state index is 0.363. The Labute approximate surface area is 119 Å². The van der Waals surface area contributed by atoms with Crippen molar-refractivity contribution in [2.24, 2.45) is 0 Å². The van der Waals surface area contributed by atoms with Crippen LogP contribution in [0.1, 0.15) is 13.8 Å². The Morgan fingerprint density at radius 3 is 2.33 bits per heavy atom. The molecule has 8 heteroatoms. The fourth-order valence-corrected chi connectivity index (χ4v) is 1.39. The van der Waals surface area contributed by atoms with E-state index in [-0.39, 0.29) is 6.54 Å². The number of likely N-dealkylation sites (N-methyl/N-ethyl adjacent to an activating group) is 1. The highest BCUT2D eigenvalue weighted by molar-refractivity contribution is 5.93. The van der Waals surface area contributed by atoms with E-state index in [1.165, 1.54) is 25.8 Å². The summed E-state index contributed by atoms with van der Waals surface area (Å²) in [7, 11) is 1.40. The van der Waals surface area contributed by atoms with Gasteiger partial charge in [-0.25, -0.2) is 13.2 Å². The fourth-order valence-electron chi connectivity index (χ4n) is 1.39. The first-order valence-electron chi connectivity index (χ1n) is 5.95. The Morgan fingerprint density at radius 2 is 1.81 bits per heavy atom. The average Bonchev–Trinajstić information content (AvgIpc) is 2.39. The monoisotopic (exact) mass is 304 g/mol. The first kappa shape index (κ1) is 17.0. The van der Waals surface area contributed by atoms with Gasteiger partial charge in [0.25, 0.3) is 0 Å². The van der Waals surface area contributed by atoms with Gasteiger partial charge in [0, 0.05) is 0 Å². The van der Waals surface area contributed by atoms with E-state index in [1.807, 2.05) is 0 Å². The quantitative estimate of drug-likeness (QED) is 0.814. The van der Waals surface area contributed by atoms with E-state index >= 15 is 0 Å². The molecule has 2 N–H and O–H groups in total. The van der Waals surface area contributed by atoms with Crippen molar-refractivity contribution in [3.63, 3.8) is 0 Å². The van der Waals surface area contributed by atoms with Crippen molar-refractivity contribution < 1.29 is 27.9 Å². The standard InChI is InChI=1S/C13H15F3N2O3/c1-13(2,12(20)21)18(3)6-9(19)17-8-5-4-7(14)10(15)11(8)16/h4-5H,6H2,1-3H3,(H,17,19)(H,20,21). The van der Waals surface area contributed by atoms with Gasteiger partial charge < -0.3 is 10.4 Å². The Bertz CT molecular complexity index is 576. The minimum atomic E-state index is -1.69. The lowest BCUT2D eigenvalue weighted by atomic mass is 10.0. The normalized spacial score (nSPS) is 11.6. The summed E-state index contributed by atoms with van der Waals surface area (Å²) < 4.78 is 39.1. The molecule has 0 spiro atoms. The molecule has 1 rings (SSSR count). The van der Waals surface area contributed by atoms with Crippen LogP contribution in [-0.2, 0) is 9.59 Å². The Hall–Kier alpha value is -2.09. The van der Waals surface area contributed by atoms with Crippen molar-refractivity contribution in [1.82, 2.24) is 4.90 Å². The van der Waals surface area contributed by atoms with Crippen LogP contribution in [0.25, 0.3) is 0 Å². The highest BCUT2D eigenvalue weighted by atomic mass is 19.2. The Kier molecular flexibility index (Phi) is 4.95. The fraction of sp³-hybridized carbons (Fsp3) is 0.385. The summed E-state index contributed by atoms with van der Waals surface area (Å²) in [6, 6.07) is 1.56. The smallest absolute Gasteiger partial charge is 0.323 e. The number of hydrogen-bond acceptors (Lipinski definition) is 3. The molecular formula is C13H15F3N2O3. The van der Waals surface area contributed by atoms with E-state index in [0.29, 0.717) is 6.07 Å². The number of amides is 1. The van der Waals surface area contributed by atoms with Gasteiger partial charge in [-0.15, -0.1) is 0 Å². The Morgan fingerprint density at radius 1 is 1.24 bits per heavy atom. The first-order chi connectivity index (χ1) is 9.57. The van der Waals surface area contributed by atoms with Crippen molar-refractivity contribution in [2.75, 3.05) is 18.9 Å². The lowest BCUT2D eigenvalue weighted by Gasteiger charge is -2.30. The molecule has 0 saturated heterocycles. The third-order valence-electron chi connectivity index (χ3n) is 3.17. The van der Waals surface area contributed by atoms with Crippen molar-refractivity contribution in [1.29, 1.82) is 0 Å². The maximum absolute atomic E-state index is 13.4. The molecule has 1 aromatic carbocycles. The number of nitrogens with zero attached hydrogens (tertiary/aromatic N) is 1. The van der Waals surface area contributed by atoms with E-state index in [0.717, 1.165) is 6.07 Å². The SMILES string of the molecule is CN(CC(=O)Nc1ccc(F)c(F)c1F)C(C)(C)C(=O)O. The van der Waals surface area contributed by atoms with E-state index in [2.05, 4.69) is 5.32 Å². The minimum Gasteiger partial charge on any atom is -0.480 e. The van der Waals surface area contributed by atoms with Crippen LogP contribution in [0.2, 0.25) is 0 Å². The zero-order chi connectivity index (χ0) is 16.4. The molecule has 0 aliphatic carbocycles. The van der Waals surface area contributed by atoms with Gasteiger partial charge in [-0.1, -0.05) is 0 Å². The number of rotatable bonds is 5. The van der Waals surface area contributed by atoms with E-state index in [1.54, 1.807) is 0 Å². The largest absolute Gasteiger partial charge is 0.480 e. The topological polar surface area (TPSA) is 69.6 Å². The second kappa shape index (κ2) is 6.13. The molecule has 0 fully saturated rings. The summed E-state index contributed by atoms with van der Waals surface area (Å²) in [6.45, 7) is 2.42. The lowest BCUT2D eigenvalue weighted by molar-refractivity contribution is -0.148. The van der Waals surface area contributed by atoms with Crippen molar-refractivity contribution in [3.8, 4) is 0 Å². The van der Waals surface area contributed by atoms with Crippen molar-refractivity contribution in [3.05, 3.63) is 29.6 Å². The maximum atomic E-state index is 13.4. The van der Waals surface area contributed by atoms with Crippen LogP contribution in [0.3, 0.4) is 0 Å². The van der Waals surface area contributed by atoms with Gasteiger partial charge in [-0.2, -0.15) is 0 Å². The molecule has 5 nitrogen and oxygen atoms in total. The highest BCUT2D eigenvalue weighted by Gasteiger charge is 2.33. The Balaban J connectivity index is 2.80. The second-order valence-electron chi connectivity index (χ2n) is 4.99. The molecule has 21 heavy (non-hydrogen) atoms. The molecule has 0 aliphatic rings. The van der Waals surface area contributed by atoms with Crippen molar-refractivity contribution >= 4 is 17.6 Å². The highest BCUT2D eigenvalue weighted by Crippen LogP contribution is 2.20. The molecule has 116 valence electrons. The zero-order valence-electron chi connectivity index (χ0n) is 11.7. The molecule has 0 radical (unpaired) electrons. The molecule has 0 unspecified atom stereocenters. The predicted octanol–water partition coefficient (Wildman–Crippen LogP) is 1.84. The van der Waals surface area contributed by atoms with Gasteiger partial charge in [0.2, 0.25) is 5.91 Å². The summed E-state index contributed by atoms with van der Waals surface area (Å²) in [4.78, 5) is 24.0. The summed E-state index contributed by atoms with van der Waals surface area (Å²) in [6.07, 6.45) is 0. The van der Waals surface area contributed by atoms with Crippen LogP contribution in [0.15, 0.2) is 12.1 Å². The van der Waals surface area contributed by atoms with Crippen LogP contribution >= 0.6 is 0 Å².